The minimum Gasteiger partial charge on any atom is -0.497 e. The van der Waals surface area contributed by atoms with Gasteiger partial charge in [-0.2, -0.15) is 9.97 Å². The molecular weight excluding hydrogens is 388 g/mol. The number of hydrogen-bond donors (Lipinski definition) is 0. The summed E-state index contributed by atoms with van der Waals surface area (Å²) in [4.78, 5) is 33.1. The number of imidazole rings is 1. The van der Waals surface area contributed by atoms with Crippen LogP contribution in [0.2, 0.25) is 5.28 Å². The summed E-state index contributed by atoms with van der Waals surface area (Å²) in [7, 11) is 4.48. The quantitative estimate of drug-likeness (QED) is 0.471. The molecule has 11 heteroatoms. The van der Waals surface area contributed by atoms with E-state index in [1.807, 2.05) is 18.2 Å². The number of aromatic nitrogens is 6. The average Bonchev–Trinajstić information content (AvgIpc) is 3.30. The first kappa shape index (κ1) is 18.0. The standard InChI is InChI=1S/C17H15ClN6O4/c1-22-14-12(15(25)23(2)17(22)26)24(16(18)20-14)8-11-19-13(21-28-11)9-5-4-6-10(7-9)27-3/h4-7H,8H2,1-3H3. The third-order valence-electron chi connectivity index (χ3n) is 4.39. The molecule has 0 aliphatic heterocycles. The second-order valence-electron chi connectivity index (χ2n) is 6.09. The fourth-order valence-electron chi connectivity index (χ4n) is 2.90. The minimum absolute atomic E-state index is 0.0275. The molecule has 0 saturated carbocycles. The van der Waals surface area contributed by atoms with Crippen LogP contribution in [0.25, 0.3) is 22.6 Å². The number of methoxy groups -OCH3 is 1. The van der Waals surface area contributed by atoms with Crippen LogP contribution < -0.4 is 16.0 Å². The summed E-state index contributed by atoms with van der Waals surface area (Å²) in [5.41, 5.74) is 0.0811. The first-order valence-electron chi connectivity index (χ1n) is 8.19. The van der Waals surface area contributed by atoms with Crippen molar-refractivity contribution in [1.29, 1.82) is 0 Å². The Morgan fingerprint density at radius 3 is 2.71 bits per heavy atom. The number of benzene rings is 1. The lowest BCUT2D eigenvalue weighted by Crippen LogP contribution is -2.37. The molecule has 0 radical (unpaired) electrons. The number of hydrogen-bond acceptors (Lipinski definition) is 7. The van der Waals surface area contributed by atoms with Gasteiger partial charge in [0.25, 0.3) is 5.56 Å². The summed E-state index contributed by atoms with van der Waals surface area (Å²) in [5, 5.41) is 4.00. The first-order chi connectivity index (χ1) is 13.4. The van der Waals surface area contributed by atoms with Crippen LogP contribution in [-0.2, 0) is 20.6 Å². The molecule has 0 spiro atoms. The van der Waals surface area contributed by atoms with Crippen molar-refractivity contribution >= 4 is 22.8 Å². The van der Waals surface area contributed by atoms with Crippen LogP contribution in [0.1, 0.15) is 5.89 Å². The van der Waals surface area contributed by atoms with Crippen molar-refractivity contribution in [3.05, 3.63) is 56.3 Å². The van der Waals surface area contributed by atoms with Gasteiger partial charge < -0.3 is 9.26 Å². The third kappa shape index (κ3) is 2.78. The van der Waals surface area contributed by atoms with E-state index in [1.54, 1.807) is 13.2 Å². The third-order valence-corrected chi connectivity index (χ3v) is 4.68. The van der Waals surface area contributed by atoms with Crippen molar-refractivity contribution in [3.63, 3.8) is 0 Å². The molecule has 0 fully saturated rings. The largest absolute Gasteiger partial charge is 0.497 e. The van der Waals surface area contributed by atoms with Crippen LogP contribution in [-0.4, -0.2) is 35.9 Å². The highest BCUT2D eigenvalue weighted by atomic mass is 35.5. The summed E-state index contributed by atoms with van der Waals surface area (Å²) in [6.45, 7) is 0.0275. The van der Waals surface area contributed by atoms with Crippen molar-refractivity contribution in [3.8, 4) is 17.1 Å². The van der Waals surface area contributed by atoms with Gasteiger partial charge in [-0.1, -0.05) is 17.3 Å². The van der Waals surface area contributed by atoms with Crippen LogP contribution in [0.5, 0.6) is 5.75 Å². The van der Waals surface area contributed by atoms with Gasteiger partial charge in [0.15, 0.2) is 11.2 Å². The molecular formula is C17H15ClN6O4. The number of rotatable bonds is 4. The fourth-order valence-corrected chi connectivity index (χ4v) is 3.12. The van der Waals surface area contributed by atoms with Gasteiger partial charge in [0.05, 0.1) is 7.11 Å². The van der Waals surface area contributed by atoms with E-state index < -0.39 is 11.2 Å². The van der Waals surface area contributed by atoms with Crippen LogP contribution in [0.15, 0.2) is 38.4 Å². The summed E-state index contributed by atoms with van der Waals surface area (Å²) >= 11 is 6.21. The van der Waals surface area contributed by atoms with Crippen molar-refractivity contribution in [2.75, 3.05) is 7.11 Å². The van der Waals surface area contributed by atoms with E-state index >= 15 is 0 Å². The van der Waals surface area contributed by atoms with E-state index in [1.165, 1.54) is 23.2 Å². The van der Waals surface area contributed by atoms with E-state index in [9.17, 15) is 9.59 Å². The molecule has 0 amide bonds. The molecule has 0 atom stereocenters. The molecule has 1 aromatic carbocycles. The van der Waals surface area contributed by atoms with Crippen molar-refractivity contribution in [2.24, 2.45) is 14.1 Å². The molecule has 4 rings (SSSR count). The van der Waals surface area contributed by atoms with Crippen molar-refractivity contribution in [1.82, 2.24) is 28.8 Å². The lowest BCUT2D eigenvalue weighted by atomic mass is 10.2. The predicted molar refractivity (Wildman–Crippen MR) is 101 cm³/mol. The van der Waals surface area contributed by atoms with E-state index in [4.69, 9.17) is 20.9 Å². The summed E-state index contributed by atoms with van der Waals surface area (Å²) in [6.07, 6.45) is 0. The average molecular weight is 403 g/mol. The number of halogens is 1. The molecule has 28 heavy (non-hydrogen) atoms. The molecule has 4 aromatic rings. The van der Waals surface area contributed by atoms with Gasteiger partial charge in [0.2, 0.25) is 17.0 Å². The highest BCUT2D eigenvalue weighted by Crippen LogP contribution is 2.22. The number of ether oxygens (including phenoxy) is 1. The van der Waals surface area contributed by atoms with Gasteiger partial charge in [-0.05, 0) is 23.7 Å². The molecule has 144 valence electrons. The van der Waals surface area contributed by atoms with Crippen LogP contribution in [0, 0.1) is 0 Å². The summed E-state index contributed by atoms with van der Waals surface area (Å²) in [6, 6.07) is 7.22. The Balaban J connectivity index is 1.78. The van der Waals surface area contributed by atoms with Gasteiger partial charge >= 0.3 is 5.69 Å². The maximum Gasteiger partial charge on any atom is 0.332 e. The molecule has 0 unspecified atom stereocenters. The molecule has 0 bridgehead atoms. The second-order valence-corrected chi connectivity index (χ2v) is 6.43. The Morgan fingerprint density at radius 1 is 1.18 bits per heavy atom. The van der Waals surface area contributed by atoms with Crippen molar-refractivity contribution < 1.29 is 9.26 Å². The smallest absolute Gasteiger partial charge is 0.332 e. The number of fused-ring (bicyclic) bond motifs is 1. The van der Waals surface area contributed by atoms with Crippen LogP contribution >= 0.6 is 11.6 Å². The predicted octanol–water partition coefficient (Wildman–Crippen LogP) is 1.19. The van der Waals surface area contributed by atoms with Crippen LogP contribution in [0.4, 0.5) is 0 Å². The lowest BCUT2D eigenvalue weighted by molar-refractivity contribution is 0.372. The van der Waals surface area contributed by atoms with Gasteiger partial charge in [-0.15, -0.1) is 0 Å². The molecule has 10 nitrogen and oxygen atoms in total. The van der Waals surface area contributed by atoms with Gasteiger partial charge in [-0.3, -0.25) is 18.5 Å². The Labute approximate surface area is 162 Å². The Hall–Kier alpha value is -3.40. The van der Waals surface area contributed by atoms with Gasteiger partial charge in [0.1, 0.15) is 12.3 Å². The monoisotopic (exact) mass is 402 g/mol. The topological polar surface area (TPSA) is 110 Å². The van der Waals surface area contributed by atoms with E-state index in [-0.39, 0.29) is 28.9 Å². The Bertz CT molecular complexity index is 1320. The molecule has 0 aliphatic carbocycles. The highest BCUT2D eigenvalue weighted by molar-refractivity contribution is 6.29. The maximum atomic E-state index is 12.6. The van der Waals surface area contributed by atoms with E-state index in [0.29, 0.717) is 17.1 Å². The van der Waals surface area contributed by atoms with E-state index in [0.717, 1.165) is 4.57 Å². The van der Waals surface area contributed by atoms with Crippen LogP contribution in [0.3, 0.4) is 0 Å². The lowest BCUT2D eigenvalue weighted by Gasteiger charge is -2.05. The normalized spacial score (nSPS) is 11.3. The molecule has 0 saturated heterocycles. The zero-order chi connectivity index (χ0) is 20.0. The number of aryl methyl sites for hydroxylation is 1. The zero-order valence-corrected chi connectivity index (χ0v) is 16.0. The second kappa shape index (κ2) is 6.64. The zero-order valence-electron chi connectivity index (χ0n) is 15.2. The minimum atomic E-state index is -0.509. The summed E-state index contributed by atoms with van der Waals surface area (Å²) < 4.78 is 14.2. The Morgan fingerprint density at radius 2 is 1.96 bits per heavy atom. The van der Waals surface area contributed by atoms with Gasteiger partial charge in [-0.25, -0.2) is 4.79 Å². The fraction of sp³-hybridized carbons (Fsp3) is 0.235. The van der Waals surface area contributed by atoms with Gasteiger partial charge in [0, 0.05) is 19.7 Å². The number of nitrogens with zero attached hydrogens (tertiary/aromatic N) is 6. The van der Waals surface area contributed by atoms with E-state index in [2.05, 4.69) is 15.1 Å². The molecule has 3 heterocycles. The molecule has 0 aliphatic rings. The maximum absolute atomic E-state index is 12.6. The SMILES string of the molecule is COc1cccc(-c2noc(Cn3c(Cl)nc4c3c(=O)n(C)c(=O)n4C)n2)c1. The van der Waals surface area contributed by atoms with Crippen molar-refractivity contribution in [2.45, 2.75) is 6.54 Å². The molecule has 0 N–H and O–H groups in total. The summed E-state index contributed by atoms with van der Waals surface area (Å²) in [5.74, 6) is 1.27. The first-order valence-corrected chi connectivity index (χ1v) is 8.57. The Kier molecular flexibility index (Phi) is 4.27. The highest BCUT2D eigenvalue weighted by Gasteiger charge is 2.20. The molecule has 3 aromatic heterocycles.